The lowest BCUT2D eigenvalue weighted by molar-refractivity contribution is -0.121. The molecule has 1 aliphatic rings. The molecule has 7 heteroatoms. The van der Waals surface area contributed by atoms with Gasteiger partial charge in [0.2, 0.25) is 5.91 Å². The second-order valence-corrected chi connectivity index (χ2v) is 7.60. The lowest BCUT2D eigenvalue weighted by Crippen LogP contribution is -2.50. The third-order valence-corrected chi connectivity index (χ3v) is 5.26. The molecule has 0 unspecified atom stereocenters. The fourth-order valence-corrected chi connectivity index (χ4v) is 3.60. The van der Waals surface area contributed by atoms with Gasteiger partial charge < -0.3 is 16.0 Å². The van der Waals surface area contributed by atoms with Gasteiger partial charge in [0.15, 0.2) is 0 Å². The number of nitrogens with zero attached hydrogens (tertiary/aromatic N) is 1. The van der Waals surface area contributed by atoms with Crippen molar-refractivity contribution in [2.45, 2.75) is 37.6 Å². The van der Waals surface area contributed by atoms with Crippen LogP contribution in [0.25, 0.3) is 0 Å². The molecule has 3 rings (SSSR count). The molecule has 2 amide bonds. The molecule has 0 radical (unpaired) electrons. The summed E-state index contributed by atoms with van der Waals surface area (Å²) >= 11 is 5.87. The summed E-state index contributed by atoms with van der Waals surface area (Å²) in [5.74, 6) is -0.557. The third-order valence-electron chi connectivity index (χ3n) is 5.01. The van der Waals surface area contributed by atoms with E-state index in [1.807, 2.05) is 0 Å². The fraction of sp³-hybridized carbons (Fsp3) is 0.318. The van der Waals surface area contributed by atoms with Crippen LogP contribution in [0.3, 0.4) is 0 Å². The number of rotatable bonds is 6. The van der Waals surface area contributed by atoms with Crippen LogP contribution in [0.15, 0.2) is 48.5 Å². The van der Waals surface area contributed by atoms with Gasteiger partial charge in [-0.05, 0) is 49.2 Å². The first-order valence-electron chi connectivity index (χ1n) is 9.63. The molecule has 1 aliphatic carbocycles. The first kappa shape index (κ1) is 20.7. The van der Waals surface area contributed by atoms with Crippen LogP contribution in [-0.2, 0) is 4.79 Å². The lowest BCUT2D eigenvalue weighted by atomic mass is 9.83. The predicted molar refractivity (Wildman–Crippen MR) is 114 cm³/mol. The Hall–Kier alpha value is -3.04. The number of hydrogen-bond donors (Lipinski definition) is 3. The number of amides is 2. The average Bonchev–Trinajstić information content (AvgIpc) is 2.74. The molecule has 3 N–H and O–H groups in total. The Morgan fingerprint density at radius 1 is 1.03 bits per heavy atom. The zero-order chi connectivity index (χ0) is 20.7. The Morgan fingerprint density at radius 2 is 1.72 bits per heavy atom. The summed E-state index contributed by atoms with van der Waals surface area (Å²) in [7, 11) is 0. The highest BCUT2D eigenvalue weighted by Crippen LogP contribution is 2.27. The van der Waals surface area contributed by atoms with Crippen LogP contribution in [0.4, 0.5) is 11.4 Å². The predicted octanol–water partition coefficient (Wildman–Crippen LogP) is 4.35. The monoisotopic (exact) mass is 410 g/mol. The van der Waals surface area contributed by atoms with Crippen molar-refractivity contribution in [3.05, 3.63) is 59.1 Å². The molecule has 0 saturated heterocycles. The molecule has 0 spiro atoms. The number of para-hydroxylation sites is 1. The minimum atomic E-state index is -0.775. The normalized spacial score (nSPS) is 15.0. The zero-order valence-electron chi connectivity index (χ0n) is 16.0. The van der Waals surface area contributed by atoms with Crippen molar-refractivity contribution in [1.29, 1.82) is 5.26 Å². The fourth-order valence-electron chi connectivity index (χ4n) is 3.47. The number of anilines is 2. The maximum absolute atomic E-state index is 12.7. The third kappa shape index (κ3) is 5.49. The summed E-state index contributed by atoms with van der Waals surface area (Å²) in [5.41, 5.74) is 0.814. The van der Waals surface area contributed by atoms with Gasteiger partial charge in [-0.2, -0.15) is 5.26 Å². The van der Waals surface area contributed by atoms with Gasteiger partial charge in [0, 0.05) is 16.4 Å². The molecule has 2 aromatic carbocycles. The van der Waals surface area contributed by atoms with E-state index in [0.717, 1.165) is 19.3 Å². The van der Waals surface area contributed by atoms with Crippen LogP contribution in [0.2, 0.25) is 5.02 Å². The molecule has 0 heterocycles. The Morgan fingerprint density at radius 3 is 2.41 bits per heavy atom. The quantitative estimate of drug-likeness (QED) is 0.660. The Kier molecular flexibility index (Phi) is 6.73. The number of nitrogens with one attached hydrogen (secondary N) is 3. The van der Waals surface area contributed by atoms with E-state index in [4.69, 9.17) is 11.6 Å². The van der Waals surface area contributed by atoms with E-state index in [2.05, 4.69) is 22.0 Å². The van der Waals surface area contributed by atoms with Crippen LogP contribution < -0.4 is 16.0 Å². The second kappa shape index (κ2) is 9.44. The van der Waals surface area contributed by atoms with E-state index in [9.17, 15) is 14.9 Å². The van der Waals surface area contributed by atoms with Crippen LogP contribution in [0.5, 0.6) is 0 Å². The van der Waals surface area contributed by atoms with Crippen LogP contribution in [0.1, 0.15) is 42.5 Å². The van der Waals surface area contributed by atoms with E-state index in [0.29, 0.717) is 34.8 Å². The van der Waals surface area contributed by atoms with Gasteiger partial charge in [0.25, 0.3) is 5.91 Å². The largest absolute Gasteiger partial charge is 0.376 e. The molecule has 0 atom stereocenters. The number of hydrogen-bond acceptors (Lipinski definition) is 4. The Labute approximate surface area is 175 Å². The van der Waals surface area contributed by atoms with E-state index in [1.165, 1.54) is 0 Å². The first-order chi connectivity index (χ1) is 14.0. The Balaban J connectivity index is 1.63. The van der Waals surface area contributed by atoms with Crippen LogP contribution in [-0.4, -0.2) is 23.9 Å². The van der Waals surface area contributed by atoms with Crippen molar-refractivity contribution >= 4 is 34.8 Å². The van der Waals surface area contributed by atoms with Gasteiger partial charge in [-0.3, -0.25) is 9.59 Å². The van der Waals surface area contributed by atoms with E-state index in [-0.39, 0.29) is 18.4 Å². The second-order valence-electron chi connectivity index (χ2n) is 7.16. The SMILES string of the molecule is N#CC1(NC(=O)CNc2ccccc2C(=O)Nc2ccc(Cl)cc2)CCCCC1. The maximum Gasteiger partial charge on any atom is 0.257 e. The smallest absolute Gasteiger partial charge is 0.257 e. The summed E-state index contributed by atoms with van der Waals surface area (Å²) in [6.07, 6.45) is 4.32. The number of halogens is 1. The minimum absolute atomic E-state index is 0.0192. The highest BCUT2D eigenvalue weighted by molar-refractivity contribution is 6.30. The molecule has 0 bridgehead atoms. The van der Waals surface area contributed by atoms with Crippen LogP contribution >= 0.6 is 11.6 Å². The first-order valence-corrected chi connectivity index (χ1v) is 10.0. The maximum atomic E-state index is 12.7. The molecule has 0 aliphatic heterocycles. The summed E-state index contributed by atoms with van der Waals surface area (Å²) in [6, 6.07) is 16.1. The molecule has 0 aromatic heterocycles. The van der Waals surface area contributed by atoms with Gasteiger partial charge in [0.1, 0.15) is 5.54 Å². The van der Waals surface area contributed by atoms with Gasteiger partial charge in [0.05, 0.1) is 18.2 Å². The highest BCUT2D eigenvalue weighted by Gasteiger charge is 2.33. The van der Waals surface area contributed by atoms with Gasteiger partial charge in [-0.1, -0.05) is 43.0 Å². The molecular weight excluding hydrogens is 388 g/mol. The zero-order valence-corrected chi connectivity index (χ0v) is 16.8. The summed E-state index contributed by atoms with van der Waals surface area (Å²) in [6.45, 7) is -0.0192. The number of carbonyl (C=O) groups is 2. The molecule has 1 fully saturated rings. The number of carbonyl (C=O) groups excluding carboxylic acids is 2. The van der Waals surface area contributed by atoms with Crippen molar-refractivity contribution in [1.82, 2.24) is 5.32 Å². The molecule has 6 nitrogen and oxygen atoms in total. The summed E-state index contributed by atoms with van der Waals surface area (Å²) in [4.78, 5) is 25.1. The standard InChI is InChI=1S/C22H23ClN4O2/c23-16-8-10-17(11-9-16)26-21(29)18-6-2-3-7-19(18)25-14-20(28)27-22(15-24)12-4-1-5-13-22/h2-3,6-11,25H,1,4-5,12-14H2,(H,26,29)(H,27,28). The molecule has 1 saturated carbocycles. The van der Waals surface area contributed by atoms with Crippen molar-refractivity contribution in [3.63, 3.8) is 0 Å². The topological polar surface area (TPSA) is 94.0 Å². The van der Waals surface area contributed by atoms with E-state index >= 15 is 0 Å². The Bertz CT molecular complexity index is 915. The lowest BCUT2D eigenvalue weighted by Gasteiger charge is -2.31. The van der Waals surface area contributed by atoms with Gasteiger partial charge in [-0.15, -0.1) is 0 Å². The van der Waals surface area contributed by atoms with Crippen LogP contribution in [0, 0.1) is 11.3 Å². The number of nitriles is 1. The van der Waals surface area contributed by atoms with Crippen molar-refractivity contribution in [2.24, 2.45) is 0 Å². The van der Waals surface area contributed by atoms with E-state index in [1.54, 1.807) is 48.5 Å². The minimum Gasteiger partial charge on any atom is -0.376 e. The summed E-state index contributed by atoms with van der Waals surface area (Å²) in [5, 5.41) is 18.8. The molecule has 29 heavy (non-hydrogen) atoms. The number of benzene rings is 2. The van der Waals surface area contributed by atoms with Crippen molar-refractivity contribution < 1.29 is 9.59 Å². The molecule has 2 aromatic rings. The van der Waals surface area contributed by atoms with Crippen molar-refractivity contribution in [3.8, 4) is 6.07 Å². The van der Waals surface area contributed by atoms with E-state index < -0.39 is 5.54 Å². The molecule has 150 valence electrons. The highest BCUT2D eigenvalue weighted by atomic mass is 35.5. The molecular formula is C22H23ClN4O2. The average molecular weight is 411 g/mol. The van der Waals surface area contributed by atoms with Gasteiger partial charge in [-0.25, -0.2) is 0 Å². The van der Waals surface area contributed by atoms with Gasteiger partial charge >= 0.3 is 0 Å². The van der Waals surface area contributed by atoms with Crippen molar-refractivity contribution in [2.75, 3.05) is 17.2 Å². The summed E-state index contributed by atoms with van der Waals surface area (Å²) < 4.78 is 0.